The number of fused-ring (bicyclic) bond motifs is 1. The minimum absolute atomic E-state index is 0.120. The van der Waals surface area contributed by atoms with Crippen molar-refractivity contribution >= 4 is 51.0 Å². The molecule has 2 heterocycles. The van der Waals surface area contributed by atoms with Gasteiger partial charge in [-0.15, -0.1) is 0 Å². The van der Waals surface area contributed by atoms with Crippen LogP contribution in [0.2, 0.25) is 5.02 Å². The number of halogens is 3. The van der Waals surface area contributed by atoms with E-state index in [0.717, 1.165) is 23.9 Å². The number of amides is 2. The molecule has 0 bridgehead atoms. The number of H-pyrrole nitrogens is 1. The fraction of sp³-hybridized carbons (Fsp3) is 0.167. The number of nitrogens with one attached hydrogen (secondary N) is 2. The highest BCUT2D eigenvalue weighted by Crippen LogP contribution is 2.34. The fourth-order valence-corrected chi connectivity index (χ4v) is 5.55. The van der Waals surface area contributed by atoms with Gasteiger partial charge in [-0.05, 0) is 84.6 Å². The number of pyridine rings is 1. The molecule has 1 aromatic heterocycles. The number of thioether (sulfide) groups is 1. The zero-order chi connectivity index (χ0) is 28.4. The summed E-state index contributed by atoms with van der Waals surface area (Å²) in [6, 6.07) is 16.0. The molecule has 1 aliphatic rings. The molecule has 0 unspecified atom stereocenters. The molecule has 1 fully saturated rings. The second kappa shape index (κ2) is 11.7. The summed E-state index contributed by atoms with van der Waals surface area (Å²) < 4.78 is 33.1. The lowest BCUT2D eigenvalue weighted by atomic mass is 9.99. The van der Waals surface area contributed by atoms with Crippen molar-refractivity contribution in [2.24, 2.45) is 0 Å². The molecule has 0 saturated carbocycles. The van der Waals surface area contributed by atoms with Gasteiger partial charge in [0, 0.05) is 28.6 Å². The lowest BCUT2D eigenvalue weighted by molar-refractivity contribution is -0.115. The topological polar surface area (TPSA) is 88.3 Å². The maximum Gasteiger partial charge on any atom is 0.290 e. The van der Waals surface area contributed by atoms with Crippen molar-refractivity contribution < 1.29 is 23.1 Å². The first-order valence-corrected chi connectivity index (χ1v) is 13.6. The summed E-state index contributed by atoms with van der Waals surface area (Å²) in [6.45, 7) is 2.01. The van der Waals surface area contributed by atoms with E-state index in [9.17, 15) is 23.2 Å². The minimum Gasteiger partial charge on any atom is -0.492 e. The largest absolute Gasteiger partial charge is 0.492 e. The van der Waals surface area contributed by atoms with Gasteiger partial charge in [-0.25, -0.2) is 8.78 Å². The minimum atomic E-state index is -0.941. The molecule has 4 aromatic rings. The Morgan fingerprint density at radius 3 is 2.52 bits per heavy atom. The van der Waals surface area contributed by atoms with Gasteiger partial charge in [0.25, 0.3) is 11.1 Å². The number of carbonyl (C=O) groups excluding carboxylic acids is 2. The second-order valence-corrected chi connectivity index (χ2v) is 10.7. The van der Waals surface area contributed by atoms with Crippen LogP contribution in [0.1, 0.15) is 35.7 Å². The second-order valence-electron chi connectivity index (χ2n) is 9.28. The molecule has 0 radical (unpaired) electrons. The molecule has 40 heavy (non-hydrogen) atoms. The highest BCUT2D eigenvalue weighted by molar-refractivity contribution is 8.18. The highest BCUT2D eigenvalue weighted by Gasteiger charge is 2.27. The summed E-state index contributed by atoms with van der Waals surface area (Å²) in [4.78, 5) is 40.5. The van der Waals surface area contributed by atoms with Gasteiger partial charge in [-0.3, -0.25) is 19.7 Å². The van der Waals surface area contributed by atoms with Crippen molar-refractivity contribution in [2.45, 2.75) is 26.2 Å². The first-order valence-electron chi connectivity index (χ1n) is 12.4. The molecule has 1 aliphatic heterocycles. The Balaban J connectivity index is 1.31. The Morgan fingerprint density at radius 2 is 1.80 bits per heavy atom. The van der Waals surface area contributed by atoms with Crippen LogP contribution in [-0.2, 0) is 17.6 Å². The van der Waals surface area contributed by atoms with Gasteiger partial charge in [-0.2, -0.15) is 0 Å². The van der Waals surface area contributed by atoms with Gasteiger partial charge in [0.15, 0.2) is 17.1 Å². The van der Waals surface area contributed by atoms with Crippen LogP contribution < -0.4 is 15.5 Å². The van der Waals surface area contributed by atoms with E-state index in [-0.39, 0.29) is 18.5 Å². The van der Waals surface area contributed by atoms with Gasteiger partial charge in [0.05, 0.1) is 16.5 Å². The molecule has 6 nitrogen and oxygen atoms in total. The zero-order valence-corrected chi connectivity index (χ0v) is 22.8. The Bertz CT molecular complexity index is 1750. The van der Waals surface area contributed by atoms with Crippen molar-refractivity contribution in [3.8, 4) is 5.75 Å². The van der Waals surface area contributed by atoms with Crippen LogP contribution in [0.25, 0.3) is 16.5 Å². The predicted molar refractivity (Wildman–Crippen MR) is 153 cm³/mol. The number of aromatic amines is 1. The monoisotopic (exact) mass is 580 g/mol. The van der Waals surface area contributed by atoms with E-state index in [4.69, 9.17) is 16.3 Å². The predicted octanol–water partition coefficient (Wildman–Crippen LogP) is 6.78. The molecular weight excluding hydrogens is 558 g/mol. The summed E-state index contributed by atoms with van der Waals surface area (Å²) >= 11 is 7.29. The molecule has 0 aliphatic carbocycles. The van der Waals surface area contributed by atoms with E-state index in [1.54, 1.807) is 43.3 Å². The van der Waals surface area contributed by atoms with Crippen LogP contribution in [0.15, 0.2) is 70.4 Å². The molecular formula is C30H23ClF2N2O4S. The highest BCUT2D eigenvalue weighted by atomic mass is 35.5. The standard InChI is InChI=1S/C30H23ClF2N2O4S/c1-16(28-29(37)35-30(38)40-28)18-9-11-26(21(31)15-18)39-12-4-6-20-25(14-17-8-10-22(32)23(33)13-17)34-24-7-3-2-5-19(24)27(20)36/h2-3,5,7-11,13,15H,4,6,12,14H2,1H3,(H,34,36)(H,35,37,38). The van der Waals surface area contributed by atoms with Crippen LogP contribution in [-0.4, -0.2) is 22.7 Å². The van der Waals surface area contributed by atoms with Crippen LogP contribution in [0.3, 0.4) is 0 Å². The van der Waals surface area contributed by atoms with Gasteiger partial charge < -0.3 is 9.72 Å². The van der Waals surface area contributed by atoms with E-state index in [0.29, 0.717) is 67.4 Å². The Hall–Kier alpha value is -3.95. The number of hydrogen-bond donors (Lipinski definition) is 2. The molecule has 204 valence electrons. The summed E-state index contributed by atoms with van der Waals surface area (Å²) in [6.07, 6.45) is 1.12. The number of benzene rings is 3. The molecule has 2 N–H and O–H groups in total. The average Bonchev–Trinajstić information content (AvgIpc) is 3.28. The van der Waals surface area contributed by atoms with E-state index >= 15 is 0 Å². The Kier molecular flexibility index (Phi) is 8.04. The van der Waals surface area contributed by atoms with Crippen LogP contribution in [0.5, 0.6) is 5.75 Å². The van der Waals surface area contributed by atoms with E-state index in [1.165, 1.54) is 6.07 Å². The summed E-state index contributed by atoms with van der Waals surface area (Å²) in [5, 5.41) is 2.72. The fourth-order valence-electron chi connectivity index (χ4n) is 4.57. The van der Waals surface area contributed by atoms with Gasteiger partial charge in [-0.1, -0.05) is 35.9 Å². The van der Waals surface area contributed by atoms with E-state index in [1.807, 2.05) is 6.07 Å². The summed E-state index contributed by atoms with van der Waals surface area (Å²) in [7, 11) is 0. The van der Waals surface area contributed by atoms with Gasteiger partial charge >= 0.3 is 0 Å². The molecule has 0 atom stereocenters. The third-order valence-electron chi connectivity index (χ3n) is 6.61. The third-order valence-corrected chi connectivity index (χ3v) is 7.89. The number of ether oxygens (including phenoxy) is 1. The molecule has 10 heteroatoms. The van der Waals surface area contributed by atoms with Gasteiger partial charge in [0.2, 0.25) is 0 Å². The Morgan fingerprint density at radius 1 is 1.00 bits per heavy atom. The van der Waals surface area contributed by atoms with Crippen molar-refractivity contribution in [3.63, 3.8) is 0 Å². The number of rotatable bonds is 8. The molecule has 3 aromatic carbocycles. The molecule has 1 saturated heterocycles. The van der Waals surface area contributed by atoms with E-state index < -0.39 is 22.8 Å². The van der Waals surface area contributed by atoms with Crippen molar-refractivity contribution in [1.29, 1.82) is 0 Å². The number of imide groups is 1. The number of allylic oxidation sites excluding steroid dienone is 1. The SMILES string of the molecule is CC(=C1SC(=O)NC1=O)c1ccc(OCCCc2c(Cc3ccc(F)c(F)c3)[nH]c3ccccc3c2=O)c(Cl)c1. The number of carbonyl (C=O) groups is 2. The smallest absolute Gasteiger partial charge is 0.290 e. The zero-order valence-electron chi connectivity index (χ0n) is 21.3. The number of hydrogen-bond acceptors (Lipinski definition) is 5. The normalized spacial score (nSPS) is 14.5. The quantitative estimate of drug-likeness (QED) is 0.177. The first kappa shape index (κ1) is 27.6. The van der Waals surface area contributed by atoms with Crippen molar-refractivity contribution in [2.75, 3.05) is 6.61 Å². The molecule has 2 amide bonds. The summed E-state index contributed by atoms with van der Waals surface area (Å²) in [5.41, 5.74) is 3.59. The third kappa shape index (κ3) is 5.80. The lowest BCUT2D eigenvalue weighted by Crippen LogP contribution is -2.18. The van der Waals surface area contributed by atoms with Crippen LogP contribution in [0, 0.1) is 11.6 Å². The number of aromatic nitrogens is 1. The molecule has 0 spiro atoms. The maximum absolute atomic E-state index is 13.8. The van der Waals surface area contributed by atoms with Crippen molar-refractivity contribution in [3.05, 3.63) is 115 Å². The molecule has 5 rings (SSSR count). The van der Waals surface area contributed by atoms with Crippen LogP contribution in [0.4, 0.5) is 13.6 Å². The first-order chi connectivity index (χ1) is 19.2. The number of para-hydroxylation sites is 1. The van der Waals surface area contributed by atoms with Crippen molar-refractivity contribution in [1.82, 2.24) is 10.3 Å². The van der Waals surface area contributed by atoms with Gasteiger partial charge in [0.1, 0.15) is 5.75 Å². The lowest BCUT2D eigenvalue weighted by Gasteiger charge is -2.13. The summed E-state index contributed by atoms with van der Waals surface area (Å²) in [5.74, 6) is -1.86. The van der Waals surface area contributed by atoms with E-state index in [2.05, 4.69) is 10.3 Å². The van der Waals surface area contributed by atoms with Crippen LogP contribution >= 0.6 is 23.4 Å². The maximum atomic E-state index is 13.8. The average molecular weight is 581 g/mol. The Labute approximate surface area is 237 Å².